The van der Waals surface area contributed by atoms with Gasteiger partial charge in [-0.3, -0.25) is 4.79 Å². The van der Waals surface area contributed by atoms with Gasteiger partial charge >= 0.3 is 0 Å². The van der Waals surface area contributed by atoms with Crippen LogP contribution in [0.5, 0.6) is 0 Å². The molecule has 8 nitrogen and oxygen atoms in total. The molecular formula is C18H24N6O2. The molecule has 3 aliphatic rings. The van der Waals surface area contributed by atoms with E-state index in [0.717, 1.165) is 49.4 Å². The van der Waals surface area contributed by atoms with Crippen molar-refractivity contribution in [2.24, 2.45) is 0 Å². The van der Waals surface area contributed by atoms with E-state index in [-0.39, 0.29) is 5.43 Å². The predicted octanol–water partition coefficient (Wildman–Crippen LogP) is 0.884. The Hall–Kier alpha value is -2.19. The Kier molecular flexibility index (Phi) is 3.82. The summed E-state index contributed by atoms with van der Waals surface area (Å²) in [4.78, 5) is 20.6. The highest BCUT2D eigenvalue weighted by atomic mass is 16.5. The van der Waals surface area contributed by atoms with Crippen LogP contribution in [0.4, 0.5) is 5.69 Å². The van der Waals surface area contributed by atoms with E-state index in [1.807, 2.05) is 6.08 Å². The molecule has 138 valence electrons. The molecule has 0 spiro atoms. The lowest BCUT2D eigenvalue weighted by Gasteiger charge is -2.50. The molecule has 1 saturated heterocycles. The van der Waals surface area contributed by atoms with Crippen molar-refractivity contribution in [2.45, 2.75) is 44.7 Å². The summed E-state index contributed by atoms with van der Waals surface area (Å²) in [6, 6.07) is 0.924. The Bertz CT molecular complexity index is 930. The molecule has 2 aliphatic heterocycles. The van der Waals surface area contributed by atoms with E-state index in [1.54, 1.807) is 4.80 Å². The largest absolute Gasteiger partial charge is 0.377 e. The third-order valence-electron chi connectivity index (χ3n) is 5.83. The highest BCUT2D eigenvalue weighted by Crippen LogP contribution is 2.32. The van der Waals surface area contributed by atoms with Gasteiger partial charge in [0.15, 0.2) is 11.2 Å². The summed E-state index contributed by atoms with van der Waals surface area (Å²) < 4.78 is 5.35. The first-order valence-corrected chi connectivity index (χ1v) is 9.55. The topological polar surface area (TPSA) is 88.1 Å². The summed E-state index contributed by atoms with van der Waals surface area (Å²) in [6.07, 6.45) is 5.83. The van der Waals surface area contributed by atoms with Crippen molar-refractivity contribution in [3.63, 3.8) is 0 Å². The van der Waals surface area contributed by atoms with Gasteiger partial charge in [0.2, 0.25) is 5.43 Å². The molecule has 1 aliphatic carbocycles. The minimum atomic E-state index is 0.00191. The van der Waals surface area contributed by atoms with Crippen LogP contribution in [0, 0.1) is 0 Å². The number of piperazine rings is 1. The highest BCUT2D eigenvalue weighted by molar-refractivity contribution is 5.76. The normalized spacial score (nSPS) is 25.7. The van der Waals surface area contributed by atoms with Gasteiger partial charge in [0.1, 0.15) is 5.69 Å². The lowest BCUT2D eigenvalue weighted by molar-refractivity contribution is 0.159. The Balaban J connectivity index is 1.62. The highest BCUT2D eigenvalue weighted by Gasteiger charge is 2.40. The van der Waals surface area contributed by atoms with Gasteiger partial charge in [0.25, 0.3) is 0 Å². The Morgan fingerprint density at radius 1 is 1.35 bits per heavy atom. The van der Waals surface area contributed by atoms with Crippen LogP contribution in [0.1, 0.15) is 31.9 Å². The van der Waals surface area contributed by atoms with Crippen LogP contribution >= 0.6 is 0 Å². The summed E-state index contributed by atoms with van der Waals surface area (Å²) >= 11 is 0. The molecule has 26 heavy (non-hydrogen) atoms. The second-order valence-electron chi connectivity index (χ2n) is 7.24. The first-order valence-electron chi connectivity index (χ1n) is 9.55. The molecule has 1 saturated carbocycles. The fourth-order valence-electron chi connectivity index (χ4n) is 4.29. The quantitative estimate of drug-likeness (QED) is 0.849. The number of nitrogens with one attached hydrogen (secondary N) is 2. The Morgan fingerprint density at radius 2 is 2.27 bits per heavy atom. The van der Waals surface area contributed by atoms with Crippen molar-refractivity contribution in [3.8, 4) is 0 Å². The molecule has 0 aromatic carbocycles. The maximum absolute atomic E-state index is 13.3. The molecule has 2 aromatic heterocycles. The molecule has 0 bridgehead atoms. The maximum atomic E-state index is 13.3. The number of fused-ring (bicyclic) bond motifs is 2. The van der Waals surface area contributed by atoms with E-state index < -0.39 is 0 Å². The number of aryl methyl sites for hydroxylation is 1. The standard InChI is InChI=1S/C18H24N6O2/c1-2-12-16(23-8-7-19-13-3-4-14(13)23)17(25)15-18(20-12)22-24(21-15)11-5-9-26-10-6-11/h5,13-14,19H,2-4,6-10H2,1H3,(H,20,22)/t13-,14-/m0/s1. The summed E-state index contributed by atoms with van der Waals surface area (Å²) in [5.41, 5.74) is 3.75. The average molecular weight is 356 g/mol. The van der Waals surface area contributed by atoms with Crippen LogP contribution in [0.3, 0.4) is 0 Å². The number of H-pyrrole nitrogens is 1. The zero-order chi connectivity index (χ0) is 17.7. The number of aromatic nitrogens is 4. The minimum absolute atomic E-state index is 0.00191. The van der Waals surface area contributed by atoms with Gasteiger partial charge in [-0.15, -0.1) is 10.2 Å². The molecule has 2 aromatic rings. The third-order valence-corrected chi connectivity index (χ3v) is 5.83. The number of rotatable bonds is 3. The van der Waals surface area contributed by atoms with Crippen LogP contribution in [0.2, 0.25) is 0 Å². The van der Waals surface area contributed by atoms with Crippen LogP contribution in [0.15, 0.2) is 10.9 Å². The lowest BCUT2D eigenvalue weighted by atomic mass is 9.83. The summed E-state index contributed by atoms with van der Waals surface area (Å²) in [5.74, 6) is 0. The first kappa shape index (κ1) is 16.0. The average Bonchev–Trinajstić information content (AvgIpc) is 3.08. The predicted molar refractivity (Wildman–Crippen MR) is 99.4 cm³/mol. The zero-order valence-corrected chi connectivity index (χ0v) is 15.0. The summed E-state index contributed by atoms with van der Waals surface area (Å²) in [6.45, 7) is 5.08. The second kappa shape index (κ2) is 6.21. The summed E-state index contributed by atoms with van der Waals surface area (Å²) in [7, 11) is 0. The van der Waals surface area contributed by atoms with Crippen molar-refractivity contribution in [1.82, 2.24) is 25.3 Å². The molecule has 0 amide bonds. The Morgan fingerprint density at radius 3 is 3.00 bits per heavy atom. The van der Waals surface area contributed by atoms with Gasteiger partial charge in [-0.2, -0.15) is 4.80 Å². The Labute approximate surface area is 151 Å². The SMILES string of the molecule is CCc1[nH]c2nn(C3=CCOCC3)nc2c(=O)c1N1CCN[C@H]2CC[C@@H]21. The van der Waals surface area contributed by atoms with Gasteiger partial charge in [-0.05, 0) is 25.3 Å². The maximum Gasteiger partial charge on any atom is 0.234 e. The molecular weight excluding hydrogens is 332 g/mol. The van der Waals surface area contributed by atoms with Gasteiger partial charge in [0, 0.05) is 37.3 Å². The molecule has 4 heterocycles. The number of aromatic amines is 1. The summed E-state index contributed by atoms with van der Waals surface area (Å²) in [5, 5.41) is 12.6. The fourth-order valence-corrected chi connectivity index (χ4v) is 4.29. The van der Waals surface area contributed by atoms with Crippen LogP contribution in [-0.4, -0.2) is 58.4 Å². The number of hydrogen-bond donors (Lipinski definition) is 2. The number of hydrogen-bond acceptors (Lipinski definition) is 6. The number of nitrogens with zero attached hydrogens (tertiary/aromatic N) is 4. The van der Waals surface area contributed by atoms with Gasteiger partial charge in [-0.25, -0.2) is 0 Å². The van der Waals surface area contributed by atoms with Crippen molar-refractivity contribution >= 4 is 22.5 Å². The van der Waals surface area contributed by atoms with Crippen LogP contribution < -0.4 is 15.6 Å². The van der Waals surface area contributed by atoms with E-state index in [0.29, 0.717) is 36.5 Å². The van der Waals surface area contributed by atoms with Crippen molar-refractivity contribution in [3.05, 3.63) is 22.0 Å². The smallest absolute Gasteiger partial charge is 0.234 e. The molecule has 2 atom stereocenters. The van der Waals surface area contributed by atoms with Gasteiger partial charge in [0.05, 0.1) is 18.9 Å². The van der Waals surface area contributed by atoms with Gasteiger partial charge < -0.3 is 19.9 Å². The second-order valence-corrected chi connectivity index (χ2v) is 7.24. The lowest BCUT2D eigenvalue weighted by Crippen LogP contribution is -2.64. The van der Waals surface area contributed by atoms with E-state index >= 15 is 0 Å². The van der Waals surface area contributed by atoms with Crippen molar-refractivity contribution < 1.29 is 4.74 Å². The van der Waals surface area contributed by atoms with Gasteiger partial charge in [-0.1, -0.05) is 6.92 Å². The molecule has 2 N–H and O–H groups in total. The third kappa shape index (κ3) is 2.39. The van der Waals surface area contributed by atoms with Crippen molar-refractivity contribution in [1.29, 1.82) is 0 Å². The first-order chi connectivity index (χ1) is 12.8. The number of pyridine rings is 1. The van der Waals surface area contributed by atoms with Crippen molar-refractivity contribution in [2.75, 3.05) is 31.2 Å². The molecule has 5 rings (SSSR count). The van der Waals surface area contributed by atoms with E-state index in [9.17, 15) is 4.79 Å². The molecule has 2 fully saturated rings. The molecule has 0 radical (unpaired) electrons. The number of anilines is 1. The number of ether oxygens (including phenoxy) is 1. The van der Waals surface area contributed by atoms with E-state index in [1.165, 1.54) is 6.42 Å². The monoisotopic (exact) mass is 356 g/mol. The molecule has 0 unspecified atom stereocenters. The fraction of sp³-hybridized carbons (Fsp3) is 0.611. The van der Waals surface area contributed by atoms with Crippen LogP contribution in [-0.2, 0) is 11.2 Å². The van der Waals surface area contributed by atoms with E-state index in [2.05, 4.69) is 32.3 Å². The zero-order valence-electron chi connectivity index (χ0n) is 15.0. The minimum Gasteiger partial charge on any atom is -0.377 e. The van der Waals surface area contributed by atoms with Crippen LogP contribution in [0.25, 0.3) is 16.9 Å². The molecule has 8 heteroatoms. The van der Waals surface area contributed by atoms with E-state index in [4.69, 9.17) is 4.74 Å².